The first-order valence-electron chi connectivity index (χ1n) is 9.72. The van der Waals surface area contributed by atoms with Gasteiger partial charge >= 0.3 is 5.97 Å². The van der Waals surface area contributed by atoms with E-state index < -0.39 is 0 Å². The summed E-state index contributed by atoms with van der Waals surface area (Å²) < 4.78 is 5.99. The molecule has 3 atom stereocenters. The number of quaternary nitrogens is 1. The van der Waals surface area contributed by atoms with Crippen LogP contribution in [0, 0.1) is 0 Å². The molecule has 4 rings (SSSR count). The van der Waals surface area contributed by atoms with Crippen LogP contribution >= 0.6 is 0 Å². The molecule has 1 N–H and O–H groups in total. The van der Waals surface area contributed by atoms with Crippen LogP contribution in [0.15, 0.2) is 54.6 Å². The first kappa shape index (κ1) is 17.3. The Hall–Kier alpha value is -2.17. The number of ether oxygens (including phenoxy) is 1. The summed E-state index contributed by atoms with van der Waals surface area (Å²) >= 11 is 0. The number of benzene rings is 2. The lowest BCUT2D eigenvalue weighted by molar-refractivity contribution is -0.880. The minimum Gasteiger partial charge on any atom is -0.451 e. The fourth-order valence-electron chi connectivity index (χ4n) is 4.35. The summed E-state index contributed by atoms with van der Waals surface area (Å²) in [6.45, 7) is 5.25. The fourth-order valence-corrected chi connectivity index (χ4v) is 4.35. The third-order valence-electron chi connectivity index (χ3n) is 5.61. The molecule has 2 aliphatic rings. The Morgan fingerprint density at radius 2 is 1.92 bits per heavy atom. The van der Waals surface area contributed by atoms with E-state index >= 15 is 0 Å². The van der Waals surface area contributed by atoms with Gasteiger partial charge in [-0.05, 0) is 24.6 Å². The summed E-state index contributed by atoms with van der Waals surface area (Å²) in [5.74, 6) is -0.203. The van der Waals surface area contributed by atoms with Gasteiger partial charge in [-0.15, -0.1) is 0 Å². The largest absolute Gasteiger partial charge is 0.451 e. The van der Waals surface area contributed by atoms with E-state index in [1.165, 1.54) is 29.0 Å². The zero-order chi connectivity index (χ0) is 17.9. The van der Waals surface area contributed by atoms with Crippen molar-refractivity contribution in [3.63, 3.8) is 0 Å². The first-order chi connectivity index (χ1) is 12.8. The molecular weight excluding hydrogens is 324 g/mol. The second-order valence-corrected chi connectivity index (χ2v) is 7.30. The van der Waals surface area contributed by atoms with E-state index in [4.69, 9.17) is 4.74 Å². The number of carbonyl (C=O) groups excluding carboxylic acids is 1. The van der Waals surface area contributed by atoms with Crippen LogP contribution < -0.4 is 4.90 Å². The lowest BCUT2D eigenvalue weighted by Crippen LogP contribution is -3.15. The first-order valence-corrected chi connectivity index (χ1v) is 9.72. The second-order valence-electron chi connectivity index (χ2n) is 7.30. The average Bonchev–Trinajstić information content (AvgIpc) is 3.08. The Labute approximate surface area is 155 Å². The van der Waals surface area contributed by atoms with Gasteiger partial charge in [0, 0.05) is 25.1 Å². The van der Waals surface area contributed by atoms with Gasteiger partial charge in [-0.25, -0.2) is 9.69 Å². The molecule has 0 aromatic heterocycles. The van der Waals surface area contributed by atoms with Gasteiger partial charge in [0.1, 0.15) is 5.69 Å². The molecule has 1 fully saturated rings. The van der Waals surface area contributed by atoms with E-state index in [1.807, 2.05) is 30.3 Å². The number of unbranched alkanes of at least 4 members (excludes halogenated alkanes) is 1. The number of hydrogen-bond donors (Lipinski definition) is 1. The van der Waals surface area contributed by atoms with Gasteiger partial charge in [0.15, 0.2) is 12.3 Å². The third-order valence-corrected chi connectivity index (χ3v) is 5.61. The molecule has 0 amide bonds. The van der Waals surface area contributed by atoms with Gasteiger partial charge in [0.25, 0.3) is 0 Å². The molecule has 3 unspecified atom stereocenters. The topological polar surface area (TPSA) is 34.0 Å². The van der Waals surface area contributed by atoms with Crippen molar-refractivity contribution in [3.8, 4) is 0 Å². The zero-order valence-corrected chi connectivity index (χ0v) is 15.4. The van der Waals surface area contributed by atoms with Crippen LogP contribution in [0.1, 0.15) is 42.1 Å². The van der Waals surface area contributed by atoms with E-state index in [1.54, 1.807) is 0 Å². The number of hydrogen-bond acceptors (Lipinski definition) is 3. The van der Waals surface area contributed by atoms with Crippen molar-refractivity contribution >= 4 is 11.7 Å². The van der Waals surface area contributed by atoms with Crippen LogP contribution in [0.5, 0.6) is 0 Å². The molecule has 2 heterocycles. The molecule has 1 saturated heterocycles. The number of carbonyl (C=O) groups is 1. The highest BCUT2D eigenvalue weighted by Gasteiger charge is 2.47. The van der Waals surface area contributed by atoms with Gasteiger partial charge in [-0.3, -0.25) is 4.90 Å². The maximum Gasteiger partial charge on any atom is 0.338 e. The maximum atomic E-state index is 12.6. The normalized spacial score (nSPS) is 24.7. The Morgan fingerprint density at radius 1 is 1.15 bits per heavy atom. The molecule has 4 heteroatoms. The molecular formula is C22H27N2O2+. The SMILES string of the molecule is CCCC[NH+]1c2ccccc2CN2CCC(OC(=O)c3ccccc3)C21. The predicted octanol–water partition coefficient (Wildman–Crippen LogP) is 2.77. The number of para-hydroxylation sites is 1. The maximum absolute atomic E-state index is 12.6. The lowest BCUT2D eigenvalue weighted by atomic mass is 10.1. The van der Waals surface area contributed by atoms with Crippen molar-refractivity contribution in [3.05, 3.63) is 65.7 Å². The van der Waals surface area contributed by atoms with Gasteiger partial charge in [0.05, 0.1) is 12.1 Å². The molecule has 2 aliphatic heterocycles. The van der Waals surface area contributed by atoms with Gasteiger partial charge < -0.3 is 4.74 Å². The van der Waals surface area contributed by atoms with E-state index in [-0.39, 0.29) is 18.2 Å². The van der Waals surface area contributed by atoms with E-state index in [0.29, 0.717) is 5.56 Å². The monoisotopic (exact) mass is 351 g/mol. The van der Waals surface area contributed by atoms with Crippen LogP contribution in [-0.4, -0.2) is 36.2 Å². The van der Waals surface area contributed by atoms with Crippen molar-refractivity contribution in [1.29, 1.82) is 0 Å². The van der Waals surface area contributed by atoms with Crippen LogP contribution in [0.25, 0.3) is 0 Å². The smallest absolute Gasteiger partial charge is 0.338 e. The number of nitrogens with one attached hydrogen (secondary N) is 1. The Morgan fingerprint density at radius 3 is 2.73 bits per heavy atom. The highest BCUT2D eigenvalue weighted by molar-refractivity contribution is 5.89. The lowest BCUT2D eigenvalue weighted by Gasteiger charge is -2.39. The Kier molecular flexibility index (Phi) is 5.05. The molecule has 0 spiro atoms. The van der Waals surface area contributed by atoms with Crippen molar-refractivity contribution in [2.45, 2.75) is 45.0 Å². The number of rotatable bonds is 5. The van der Waals surface area contributed by atoms with Crippen molar-refractivity contribution in [2.24, 2.45) is 0 Å². The molecule has 26 heavy (non-hydrogen) atoms. The van der Waals surface area contributed by atoms with E-state index in [2.05, 4.69) is 36.1 Å². The number of fused-ring (bicyclic) bond motifs is 2. The standard InChI is InChI=1S/C22H26N2O2/c1-2-3-14-24-19-12-8-7-11-18(19)16-23-15-13-20(21(23)24)26-22(25)17-9-5-4-6-10-17/h4-12,20-21H,2-3,13-16H2,1H3/p+1. The summed E-state index contributed by atoms with van der Waals surface area (Å²) in [7, 11) is 0. The third kappa shape index (κ3) is 3.27. The summed E-state index contributed by atoms with van der Waals surface area (Å²) in [5, 5.41) is 0. The number of nitrogens with zero attached hydrogens (tertiary/aromatic N) is 1. The highest BCUT2D eigenvalue weighted by Crippen LogP contribution is 2.28. The molecule has 136 valence electrons. The zero-order valence-electron chi connectivity index (χ0n) is 15.4. The molecule has 0 aliphatic carbocycles. The Balaban J connectivity index is 1.58. The van der Waals surface area contributed by atoms with Crippen molar-refractivity contribution < 1.29 is 14.4 Å². The van der Waals surface area contributed by atoms with Crippen LogP contribution in [0.3, 0.4) is 0 Å². The van der Waals surface area contributed by atoms with Gasteiger partial charge in [-0.1, -0.05) is 49.7 Å². The molecule has 2 aromatic rings. The van der Waals surface area contributed by atoms with Crippen molar-refractivity contribution in [1.82, 2.24) is 4.90 Å². The summed E-state index contributed by atoms with van der Waals surface area (Å²) in [6, 6.07) is 18.1. The van der Waals surface area contributed by atoms with Crippen LogP contribution in [0.4, 0.5) is 5.69 Å². The summed E-state index contributed by atoms with van der Waals surface area (Å²) in [6.07, 6.45) is 3.43. The minimum absolute atomic E-state index is 0.0529. The number of esters is 1. The second kappa shape index (κ2) is 7.60. The average molecular weight is 351 g/mol. The molecule has 2 aromatic carbocycles. The van der Waals surface area contributed by atoms with Crippen LogP contribution in [0.2, 0.25) is 0 Å². The molecule has 0 bridgehead atoms. The quantitative estimate of drug-likeness (QED) is 0.841. The summed E-state index contributed by atoms with van der Waals surface area (Å²) in [4.78, 5) is 16.5. The van der Waals surface area contributed by atoms with Gasteiger partial charge in [0.2, 0.25) is 0 Å². The minimum atomic E-state index is -0.203. The van der Waals surface area contributed by atoms with Crippen LogP contribution in [-0.2, 0) is 11.3 Å². The molecule has 0 saturated carbocycles. The van der Waals surface area contributed by atoms with E-state index in [0.717, 1.165) is 26.1 Å². The fraction of sp³-hybridized carbons (Fsp3) is 0.409. The predicted molar refractivity (Wildman–Crippen MR) is 101 cm³/mol. The van der Waals surface area contributed by atoms with Crippen molar-refractivity contribution in [2.75, 3.05) is 13.1 Å². The van der Waals surface area contributed by atoms with E-state index in [9.17, 15) is 4.79 Å². The Bertz CT molecular complexity index is 762. The summed E-state index contributed by atoms with van der Waals surface area (Å²) in [5.41, 5.74) is 3.42. The van der Waals surface area contributed by atoms with Gasteiger partial charge in [-0.2, -0.15) is 0 Å². The molecule has 0 radical (unpaired) electrons. The molecule has 4 nitrogen and oxygen atoms in total. The highest BCUT2D eigenvalue weighted by atomic mass is 16.5.